The third-order valence-corrected chi connectivity index (χ3v) is 4.04. The van der Waals surface area contributed by atoms with E-state index in [4.69, 9.17) is 0 Å². The highest BCUT2D eigenvalue weighted by atomic mass is 16.2. The number of rotatable bonds is 3. The number of carbonyl (C=O) groups is 2. The van der Waals surface area contributed by atoms with Crippen molar-refractivity contribution in [2.75, 3.05) is 26.7 Å². The Bertz CT molecular complexity index is 397. The molecule has 2 aliphatic rings. The quantitative estimate of drug-likeness (QED) is 0.761. The lowest BCUT2D eigenvalue weighted by atomic mass is 9.80. The molecule has 19 heavy (non-hydrogen) atoms. The van der Waals surface area contributed by atoms with Crippen molar-refractivity contribution in [3.05, 3.63) is 0 Å². The van der Waals surface area contributed by atoms with Crippen molar-refractivity contribution in [3.63, 3.8) is 0 Å². The Kier molecular flexibility index (Phi) is 4.19. The summed E-state index contributed by atoms with van der Waals surface area (Å²) in [6.45, 7) is 5.03. The summed E-state index contributed by atoms with van der Waals surface area (Å²) in [6, 6.07) is 0. The first-order valence-electron chi connectivity index (χ1n) is 6.81. The molecule has 1 fully saturated rings. The summed E-state index contributed by atoms with van der Waals surface area (Å²) in [7, 11) is 2.12. The summed E-state index contributed by atoms with van der Waals surface area (Å²) in [5.74, 6) is -0.279. The Morgan fingerprint density at radius 3 is 2.68 bits per heavy atom. The largest absolute Gasteiger partial charge is 0.350 e. The predicted octanol–water partition coefficient (Wildman–Crippen LogP) is 0.101. The van der Waals surface area contributed by atoms with Crippen LogP contribution in [0.15, 0.2) is 5.10 Å². The lowest BCUT2D eigenvalue weighted by Crippen LogP contribution is -2.45. The van der Waals surface area contributed by atoms with E-state index in [0.717, 1.165) is 25.9 Å². The molecule has 0 saturated carbocycles. The zero-order valence-corrected chi connectivity index (χ0v) is 11.7. The monoisotopic (exact) mass is 266 g/mol. The van der Waals surface area contributed by atoms with Gasteiger partial charge in [-0.05, 0) is 38.4 Å². The smallest absolute Gasteiger partial charge is 0.267 e. The zero-order chi connectivity index (χ0) is 13.9. The highest BCUT2D eigenvalue weighted by Crippen LogP contribution is 2.29. The molecule has 106 valence electrons. The van der Waals surface area contributed by atoms with E-state index in [9.17, 15) is 9.59 Å². The van der Waals surface area contributed by atoms with Gasteiger partial charge in [0.15, 0.2) is 0 Å². The van der Waals surface area contributed by atoms with Gasteiger partial charge in [0.1, 0.15) is 5.71 Å². The fourth-order valence-corrected chi connectivity index (χ4v) is 2.37. The molecule has 0 aromatic rings. The number of nitrogens with one attached hydrogen (secondary N) is 2. The van der Waals surface area contributed by atoms with E-state index in [1.54, 1.807) is 0 Å². The minimum atomic E-state index is -0.153. The van der Waals surface area contributed by atoms with Crippen molar-refractivity contribution < 1.29 is 9.59 Å². The first kappa shape index (κ1) is 14.0. The molecule has 0 radical (unpaired) electrons. The molecule has 6 nitrogen and oxygen atoms in total. The number of likely N-dealkylation sites (tertiary alicyclic amines) is 1. The van der Waals surface area contributed by atoms with Crippen molar-refractivity contribution in [2.24, 2.45) is 10.5 Å². The van der Waals surface area contributed by atoms with Gasteiger partial charge < -0.3 is 10.2 Å². The van der Waals surface area contributed by atoms with Crippen molar-refractivity contribution in [2.45, 2.75) is 32.6 Å². The van der Waals surface area contributed by atoms with Gasteiger partial charge in [-0.1, -0.05) is 6.92 Å². The van der Waals surface area contributed by atoms with E-state index in [-0.39, 0.29) is 17.2 Å². The Balaban J connectivity index is 1.82. The number of nitrogens with zero attached hydrogens (tertiary/aromatic N) is 2. The van der Waals surface area contributed by atoms with E-state index in [1.165, 1.54) is 0 Å². The number of hydrogen-bond acceptors (Lipinski definition) is 4. The standard InChI is InChI=1S/C13H22N4O2/c1-13(5-7-17(2)8-6-13)9-14-12(19)10-3-4-11(18)16-15-10/h3-9H2,1-2H3,(H,14,19)(H,16,18). The average Bonchev–Trinajstić information content (AvgIpc) is 2.41. The molecule has 0 aromatic heterocycles. The maximum Gasteiger partial charge on any atom is 0.267 e. The summed E-state index contributed by atoms with van der Waals surface area (Å²) in [5, 5.41) is 6.76. The molecule has 0 aliphatic carbocycles. The SMILES string of the molecule is CN1CCC(C)(CNC(=O)C2=NNC(=O)CC2)CC1. The fraction of sp³-hybridized carbons (Fsp3) is 0.769. The van der Waals surface area contributed by atoms with Gasteiger partial charge in [-0.2, -0.15) is 5.10 Å². The normalized spacial score (nSPS) is 23.5. The molecule has 2 aliphatic heterocycles. The van der Waals surface area contributed by atoms with E-state index >= 15 is 0 Å². The van der Waals surface area contributed by atoms with Crippen LogP contribution < -0.4 is 10.7 Å². The minimum Gasteiger partial charge on any atom is -0.350 e. The lowest BCUT2D eigenvalue weighted by Gasteiger charge is -2.38. The van der Waals surface area contributed by atoms with Crippen molar-refractivity contribution in [1.82, 2.24) is 15.6 Å². The van der Waals surface area contributed by atoms with Crippen molar-refractivity contribution >= 4 is 17.5 Å². The van der Waals surface area contributed by atoms with Gasteiger partial charge in [-0.15, -0.1) is 0 Å². The molecule has 1 saturated heterocycles. The average molecular weight is 266 g/mol. The van der Waals surface area contributed by atoms with Crippen LogP contribution >= 0.6 is 0 Å². The van der Waals surface area contributed by atoms with Crippen LogP contribution in [0, 0.1) is 5.41 Å². The molecule has 2 rings (SSSR count). The van der Waals surface area contributed by atoms with Crippen LogP contribution in [0.5, 0.6) is 0 Å². The number of amides is 2. The van der Waals surface area contributed by atoms with Crippen molar-refractivity contribution in [3.8, 4) is 0 Å². The second-order valence-electron chi connectivity index (χ2n) is 5.89. The number of hydrogen-bond donors (Lipinski definition) is 2. The van der Waals surface area contributed by atoms with Gasteiger partial charge in [0, 0.05) is 19.4 Å². The van der Waals surface area contributed by atoms with Crippen LogP contribution in [0.1, 0.15) is 32.6 Å². The first-order chi connectivity index (χ1) is 8.98. The van der Waals surface area contributed by atoms with Crippen LogP contribution in [0.25, 0.3) is 0 Å². The summed E-state index contributed by atoms with van der Waals surface area (Å²) >= 11 is 0. The van der Waals surface area contributed by atoms with Gasteiger partial charge in [0.2, 0.25) is 5.91 Å². The molecule has 0 atom stereocenters. The molecule has 2 amide bonds. The predicted molar refractivity (Wildman–Crippen MR) is 72.7 cm³/mol. The molecule has 0 spiro atoms. The summed E-state index contributed by atoms with van der Waals surface area (Å²) in [6.07, 6.45) is 2.95. The van der Waals surface area contributed by atoms with E-state index in [0.29, 0.717) is 25.1 Å². The second kappa shape index (κ2) is 5.69. The number of hydrazone groups is 1. The lowest BCUT2D eigenvalue weighted by molar-refractivity contribution is -0.121. The van der Waals surface area contributed by atoms with Crippen LogP contribution in [-0.4, -0.2) is 49.1 Å². The number of carbonyl (C=O) groups excluding carboxylic acids is 2. The summed E-state index contributed by atoms with van der Waals surface area (Å²) in [4.78, 5) is 25.2. The third-order valence-electron chi connectivity index (χ3n) is 4.04. The number of piperidine rings is 1. The van der Waals surface area contributed by atoms with Crippen LogP contribution in [0.2, 0.25) is 0 Å². The molecule has 0 bridgehead atoms. The highest BCUT2D eigenvalue weighted by Gasteiger charge is 2.30. The molecule has 0 unspecified atom stereocenters. The van der Waals surface area contributed by atoms with Crippen LogP contribution in [0.4, 0.5) is 0 Å². The van der Waals surface area contributed by atoms with Crippen molar-refractivity contribution in [1.29, 1.82) is 0 Å². The fourth-order valence-electron chi connectivity index (χ4n) is 2.37. The molecule has 6 heteroatoms. The van der Waals surface area contributed by atoms with Crippen LogP contribution in [0.3, 0.4) is 0 Å². The third kappa shape index (κ3) is 3.76. The van der Waals surface area contributed by atoms with Gasteiger partial charge in [0.05, 0.1) is 0 Å². The maximum atomic E-state index is 12.0. The van der Waals surface area contributed by atoms with Gasteiger partial charge in [-0.25, -0.2) is 5.43 Å². The second-order valence-corrected chi connectivity index (χ2v) is 5.89. The molecule has 2 heterocycles. The van der Waals surface area contributed by atoms with E-state index in [1.807, 2.05) is 0 Å². The zero-order valence-electron chi connectivity index (χ0n) is 11.7. The summed E-state index contributed by atoms with van der Waals surface area (Å²) in [5.41, 5.74) is 2.94. The van der Waals surface area contributed by atoms with Gasteiger partial charge in [0.25, 0.3) is 5.91 Å². The maximum absolute atomic E-state index is 12.0. The topological polar surface area (TPSA) is 73.8 Å². The van der Waals surface area contributed by atoms with Gasteiger partial charge >= 0.3 is 0 Å². The Hall–Kier alpha value is -1.43. The highest BCUT2D eigenvalue weighted by molar-refractivity contribution is 6.39. The van der Waals surface area contributed by atoms with Gasteiger partial charge in [-0.3, -0.25) is 9.59 Å². The van der Waals surface area contributed by atoms with E-state index < -0.39 is 0 Å². The Morgan fingerprint density at radius 1 is 1.42 bits per heavy atom. The molecule has 0 aromatic carbocycles. The molecular formula is C13H22N4O2. The molecule has 2 N–H and O–H groups in total. The van der Waals surface area contributed by atoms with Crippen LogP contribution in [-0.2, 0) is 9.59 Å². The molecular weight excluding hydrogens is 244 g/mol. The minimum absolute atomic E-state index is 0.126. The summed E-state index contributed by atoms with van der Waals surface area (Å²) < 4.78 is 0. The Morgan fingerprint density at radius 2 is 2.11 bits per heavy atom. The van der Waals surface area contributed by atoms with E-state index in [2.05, 4.69) is 34.7 Å². The Labute approximate surface area is 113 Å². The first-order valence-corrected chi connectivity index (χ1v) is 6.81.